The summed E-state index contributed by atoms with van der Waals surface area (Å²) in [5, 5.41) is 10.5. The average molecular weight is 545 g/mol. The number of phenols is 1. The van der Waals surface area contributed by atoms with Crippen molar-refractivity contribution in [1.29, 1.82) is 0 Å². The maximum atomic E-state index is 16.0. The molecule has 1 fully saturated rings. The molecular weight excluding hydrogens is 518 g/mol. The molecule has 2 aliphatic rings. The molecule has 3 heterocycles. The SMILES string of the molecule is C[C@@H]1CN2c3c(cnc4c(F)c(-c5c(O)cccc5F)c(Cl)cc34)N(C)C(=O)[C@H]2CN1C(=O)OC(C)(C)C. The van der Waals surface area contributed by atoms with Crippen LogP contribution in [0.4, 0.5) is 25.0 Å². The van der Waals surface area contributed by atoms with Gasteiger partial charge in [0.1, 0.15) is 28.7 Å². The molecule has 38 heavy (non-hydrogen) atoms. The highest BCUT2D eigenvalue weighted by Crippen LogP contribution is 2.47. The van der Waals surface area contributed by atoms with Crippen LogP contribution in [0.1, 0.15) is 27.7 Å². The number of pyridine rings is 1. The minimum Gasteiger partial charge on any atom is -0.507 e. The van der Waals surface area contributed by atoms with Crippen LogP contribution in [-0.2, 0) is 9.53 Å². The lowest BCUT2D eigenvalue weighted by molar-refractivity contribution is -0.121. The lowest BCUT2D eigenvalue weighted by atomic mass is 9.96. The normalized spacial score (nSPS) is 19.5. The molecular formula is C27H27ClF2N4O4. The summed E-state index contributed by atoms with van der Waals surface area (Å²) < 4.78 is 36.1. The van der Waals surface area contributed by atoms with Gasteiger partial charge in [-0.05, 0) is 45.9 Å². The standard InChI is InChI=1S/C27H27ClF2N4O4/c1-13-11-34-18(12-33(13)26(37)38-27(2,3)4)25(36)32(5)17-10-31-23-14(24(17)34)9-15(28)20(22(23)30)21-16(29)7-6-8-19(21)35/h6-10,13,18,35H,11-12H2,1-5H3/t13-,18-/m1/s1. The van der Waals surface area contributed by atoms with E-state index >= 15 is 4.39 Å². The van der Waals surface area contributed by atoms with E-state index in [-0.39, 0.29) is 46.7 Å². The number of nitrogens with zero attached hydrogens (tertiary/aromatic N) is 4. The van der Waals surface area contributed by atoms with Crippen molar-refractivity contribution in [3.8, 4) is 16.9 Å². The Kier molecular flexibility index (Phi) is 6.13. The van der Waals surface area contributed by atoms with E-state index < -0.39 is 35.1 Å². The van der Waals surface area contributed by atoms with Gasteiger partial charge < -0.3 is 24.5 Å². The number of aromatic hydroxyl groups is 1. The molecule has 3 aromatic rings. The summed E-state index contributed by atoms with van der Waals surface area (Å²) in [6.07, 6.45) is 0.868. The first-order valence-electron chi connectivity index (χ1n) is 12.1. The van der Waals surface area contributed by atoms with Crippen molar-refractivity contribution in [2.24, 2.45) is 0 Å². The Morgan fingerprint density at radius 3 is 2.58 bits per heavy atom. The molecule has 5 rings (SSSR count). The number of aromatic nitrogens is 1. The van der Waals surface area contributed by atoms with Crippen LogP contribution in [0.2, 0.25) is 5.02 Å². The van der Waals surface area contributed by atoms with Gasteiger partial charge in [0.15, 0.2) is 5.82 Å². The van der Waals surface area contributed by atoms with Crippen molar-refractivity contribution in [3.05, 3.63) is 47.1 Å². The molecule has 0 unspecified atom stereocenters. The Morgan fingerprint density at radius 2 is 1.92 bits per heavy atom. The Hall–Kier alpha value is -3.66. The first-order chi connectivity index (χ1) is 17.8. The van der Waals surface area contributed by atoms with Crippen LogP contribution in [0, 0.1) is 11.6 Å². The van der Waals surface area contributed by atoms with E-state index in [1.165, 1.54) is 34.2 Å². The van der Waals surface area contributed by atoms with Gasteiger partial charge in [-0.15, -0.1) is 0 Å². The summed E-state index contributed by atoms with van der Waals surface area (Å²) >= 11 is 6.51. The molecule has 0 aliphatic carbocycles. The van der Waals surface area contributed by atoms with Crippen molar-refractivity contribution < 1.29 is 28.2 Å². The van der Waals surface area contributed by atoms with Crippen molar-refractivity contribution in [2.45, 2.75) is 45.4 Å². The fourth-order valence-corrected chi connectivity index (χ4v) is 5.41. The molecule has 2 aliphatic heterocycles. The minimum absolute atomic E-state index is 0.0694. The number of hydrogen-bond acceptors (Lipinski definition) is 6. The second-order valence-corrected chi connectivity index (χ2v) is 11.0. The zero-order valence-electron chi connectivity index (χ0n) is 21.6. The number of rotatable bonds is 1. The molecule has 8 nitrogen and oxygen atoms in total. The maximum Gasteiger partial charge on any atom is 0.410 e. The van der Waals surface area contributed by atoms with Crippen LogP contribution >= 0.6 is 11.6 Å². The Labute approximate surface area is 223 Å². The molecule has 11 heteroatoms. The minimum atomic E-state index is -0.896. The molecule has 2 aromatic carbocycles. The van der Waals surface area contributed by atoms with Crippen LogP contribution < -0.4 is 9.80 Å². The van der Waals surface area contributed by atoms with Crippen LogP contribution in [-0.4, -0.2) is 64.8 Å². The van der Waals surface area contributed by atoms with E-state index in [0.717, 1.165) is 6.07 Å². The van der Waals surface area contributed by atoms with Crippen molar-refractivity contribution in [3.63, 3.8) is 0 Å². The van der Waals surface area contributed by atoms with Gasteiger partial charge in [0.05, 0.1) is 34.7 Å². The largest absolute Gasteiger partial charge is 0.507 e. The number of phenolic OH excluding ortho intramolecular Hbond substituents is 1. The van der Waals surface area contributed by atoms with E-state index in [2.05, 4.69) is 4.98 Å². The van der Waals surface area contributed by atoms with Crippen LogP contribution in [0.3, 0.4) is 0 Å². The number of fused-ring (bicyclic) bond motifs is 5. The molecule has 1 saturated heterocycles. The molecule has 2 atom stereocenters. The molecule has 200 valence electrons. The second kappa shape index (κ2) is 8.97. The van der Waals surface area contributed by atoms with E-state index in [1.807, 2.05) is 11.8 Å². The average Bonchev–Trinajstić information content (AvgIpc) is 2.82. The van der Waals surface area contributed by atoms with E-state index in [0.29, 0.717) is 16.8 Å². The summed E-state index contributed by atoms with van der Waals surface area (Å²) in [6.45, 7) is 7.50. The summed E-state index contributed by atoms with van der Waals surface area (Å²) in [7, 11) is 1.59. The number of benzene rings is 2. The highest BCUT2D eigenvalue weighted by Gasteiger charge is 2.45. The molecule has 2 amide bonds. The summed E-state index contributed by atoms with van der Waals surface area (Å²) in [6, 6.07) is 4.04. The molecule has 1 aromatic heterocycles. The molecule has 0 spiro atoms. The summed E-state index contributed by atoms with van der Waals surface area (Å²) in [4.78, 5) is 35.3. The molecule has 0 bridgehead atoms. The number of halogens is 3. The van der Waals surface area contributed by atoms with Crippen molar-refractivity contribution in [1.82, 2.24) is 9.88 Å². The second-order valence-electron chi connectivity index (χ2n) is 10.6. The maximum absolute atomic E-state index is 16.0. The third-order valence-corrected chi connectivity index (χ3v) is 7.18. The summed E-state index contributed by atoms with van der Waals surface area (Å²) in [5.41, 5.74) is -0.469. The highest BCUT2D eigenvalue weighted by molar-refractivity contribution is 6.34. The number of likely N-dealkylation sites (N-methyl/N-ethyl adjacent to an activating group) is 1. The predicted molar refractivity (Wildman–Crippen MR) is 141 cm³/mol. The third-order valence-electron chi connectivity index (χ3n) is 6.88. The number of amides is 2. The molecule has 0 saturated carbocycles. The highest BCUT2D eigenvalue weighted by atomic mass is 35.5. The monoisotopic (exact) mass is 544 g/mol. The summed E-state index contributed by atoms with van der Waals surface area (Å²) in [5.74, 6) is -2.44. The fourth-order valence-electron chi connectivity index (χ4n) is 5.13. The van der Waals surface area contributed by atoms with Gasteiger partial charge in [-0.1, -0.05) is 17.7 Å². The lowest BCUT2D eigenvalue weighted by Gasteiger charge is -2.49. The number of anilines is 2. The van der Waals surface area contributed by atoms with Crippen molar-refractivity contribution in [2.75, 3.05) is 29.9 Å². The first-order valence-corrected chi connectivity index (χ1v) is 12.5. The Morgan fingerprint density at radius 1 is 1.21 bits per heavy atom. The van der Waals surface area contributed by atoms with Gasteiger partial charge in [0, 0.05) is 30.6 Å². The zero-order chi connectivity index (χ0) is 27.7. The number of carbonyl (C=O) groups excluding carboxylic acids is 2. The van der Waals surface area contributed by atoms with Crippen LogP contribution in [0.15, 0.2) is 30.5 Å². The van der Waals surface area contributed by atoms with E-state index in [9.17, 15) is 19.1 Å². The number of carbonyl (C=O) groups is 2. The zero-order valence-corrected chi connectivity index (χ0v) is 22.3. The fraction of sp³-hybridized carbons (Fsp3) is 0.370. The third kappa shape index (κ3) is 4.07. The van der Waals surface area contributed by atoms with E-state index in [1.54, 1.807) is 27.8 Å². The van der Waals surface area contributed by atoms with Gasteiger partial charge in [-0.3, -0.25) is 9.78 Å². The smallest absolute Gasteiger partial charge is 0.410 e. The Bertz CT molecular complexity index is 1470. The Balaban J connectivity index is 1.65. The van der Waals surface area contributed by atoms with Crippen molar-refractivity contribution >= 4 is 45.9 Å². The number of piperazine rings is 1. The van der Waals surface area contributed by atoms with Gasteiger partial charge in [-0.25, -0.2) is 13.6 Å². The lowest BCUT2D eigenvalue weighted by Crippen LogP contribution is -2.66. The topological polar surface area (TPSA) is 86.2 Å². The predicted octanol–water partition coefficient (Wildman–Crippen LogP) is 5.33. The molecule has 1 N–H and O–H groups in total. The molecule has 0 radical (unpaired) electrons. The number of ether oxygens (including phenoxy) is 1. The van der Waals surface area contributed by atoms with Gasteiger partial charge in [0.25, 0.3) is 5.91 Å². The van der Waals surface area contributed by atoms with Gasteiger partial charge in [0.2, 0.25) is 0 Å². The van der Waals surface area contributed by atoms with Crippen LogP contribution in [0.5, 0.6) is 5.75 Å². The van der Waals surface area contributed by atoms with Gasteiger partial charge >= 0.3 is 6.09 Å². The van der Waals surface area contributed by atoms with E-state index in [4.69, 9.17) is 16.3 Å². The number of hydrogen-bond donors (Lipinski definition) is 1. The van der Waals surface area contributed by atoms with Gasteiger partial charge in [-0.2, -0.15) is 0 Å². The quantitative estimate of drug-likeness (QED) is 0.446. The van der Waals surface area contributed by atoms with Crippen LogP contribution in [0.25, 0.3) is 22.0 Å². The first kappa shape index (κ1) is 26.0.